The average molecular weight is 1890 g/mol. The molecule has 0 radical (unpaired) electrons. The Kier molecular flexibility index (Phi) is 38.3. The molecule has 5 amide bonds. The summed E-state index contributed by atoms with van der Waals surface area (Å²) in [7, 11) is 0. The molecular formula is C120H160Cl2N10O5. The molecule has 10 bridgehead atoms. The highest BCUT2D eigenvalue weighted by Crippen LogP contribution is 2.42. The number of piperidine rings is 2. The zero-order valence-corrected chi connectivity index (χ0v) is 85.5. The SMILES string of the molecule is CCC(=O)N1C2CCC1CN(CCC(C)c1ccc(Cl)c3ccccc13)CC2.CCC(=O)N1CCC2CCC(C1)N2CCC(C)c1ccc(Cl)c2ccccc12.CCC(=O)N1CCC2CCC(C1)N2CCC(c1ccccc1)c1ccccc1.CCC(=O)N1CCC2CCCC(C1)N2CCC(C)c1ccccc1.CCC(=O)N1CCC2CCCC(C1)N2CCC(c1ccccc1)c1ccccc1. The van der Waals surface area contributed by atoms with Gasteiger partial charge in [-0.05, 0) is 241 Å². The fourth-order valence-corrected chi connectivity index (χ4v) is 25.8. The summed E-state index contributed by atoms with van der Waals surface area (Å²) in [6, 6.07) is 85.6. The predicted octanol–water partition coefficient (Wildman–Crippen LogP) is 24.7. The minimum absolute atomic E-state index is 0.313. The zero-order chi connectivity index (χ0) is 95.7. The van der Waals surface area contributed by atoms with Gasteiger partial charge in [0.15, 0.2) is 0 Å². The molecule has 9 aromatic carbocycles. The maximum absolute atomic E-state index is 12.4. The average Bonchev–Trinajstić information content (AvgIpc) is 1.39. The molecule has 10 heterocycles. The summed E-state index contributed by atoms with van der Waals surface area (Å²) in [5.74, 6) is 4.05. The van der Waals surface area contributed by atoms with Crippen molar-refractivity contribution in [2.24, 2.45) is 0 Å². The first-order valence-corrected chi connectivity index (χ1v) is 54.4. The smallest absolute Gasteiger partial charge is 0.222 e. The van der Waals surface area contributed by atoms with Gasteiger partial charge in [0.25, 0.3) is 0 Å². The second-order valence-electron chi connectivity index (χ2n) is 41.4. The molecule has 0 saturated carbocycles. The van der Waals surface area contributed by atoms with Crippen molar-refractivity contribution in [3.8, 4) is 0 Å². The van der Waals surface area contributed by atoms with Crippen molar-refractivity contribution >= 4 is 74.3 Å². The molecular weight excluding hydrogens is 1730 g/mol. The van der Waals surface area contributed by atoms with Crippen LogP contribution in [0.2, 0.25) is 10.0 Å². The van der Waals surface area contributed by atoms with Gasteiger partial charge >= 0.3 is 0 Å². The monoisotopic (exact) mass is 1890 g/mol. The molecule has 15 nitrogen and oxygen atoms in total. The van der Waals surface area contributed by atoms with Crippen LogP contribution in [0.4, 0.5) is 0 Å². The number of hydrogen-bond donors (Lipinski definition) is 0. The van der Waals surface area contributed by atoms with E-state index in [0.717, 1.165) is 170 Å². The van der Waals surface area contributed by atoms with Crippen molar-refractivity contribution in [1.82, 2.24) is 49.0 Å². The van der Waals surface area contributed by atoms with E-state index in [-0.39, 0.29) is 0 Å². The van der Waals surface area contributed by atoms with Gasteiger partial charge < -0.3 is 29.4 Å². The minimum Gasteiger partial charge on any atom is -0.341 e. The first kappa shape index (κ1) is 103. The van der Waals surface area contributed by atoms with Crippen molar-refractivity contribution in [3.63, 3.8) is 0 Å². The second kappa shape index (κ2) is 51.1. The summed E-state index contributed by atoms with van der Waals surface area (Å²) in [6.07, 6.45) is 29.7. The van der Waals surface area contributed by atoms with Crippen LogP contribution < -0.4 is 0 Å². The molecule has 0 aromatic heterocycles. The summed E-state index contributed by atoms with van der Waals surface area (Å²) in [6.45, 7) is 32.1. The molecule has 0 N–H and O–H groups in total. The summed E-state index contributed by atoms with van der Waals surface area (Å²) >= 11 is 12.8. The maximum Gasteiger partial charge on any atom is 0.222 e. The summed E-state index contributed by atoms with van der Waals surface area (Å²) in [5.41, 5.74) is 9.84. The lowest BCUT2D eigenvalue weighted by atomic mass is 9.87. The first-order valence-electron chi connectivity index (χ1n) is 53.6. The molecule has 734 valence electrons. The van der Waals surface area contributed by atoms with E-state index < -0.39 is 0 Å². The molecule has 13 atom stereocenters. The highest BCUT2D eigenvalue weighted by atomic mass is 35.5. The van der Waals surface area contributed by atoms with Crippen LogP contribution in [0.3, 0.4) is 0 Å². The van der Waals surface area contributed by atoms with E-state index in [9.17, 15) is 24.0 Å². The number of benzene rings is 9. The van der Waals surface area contributed by atoms with E-state index in [4.69, 9.17) is 23.2 Å². The molecule has 9 aromatic rings. The Labute approximate surface area is 832 Å². The summed E-state index contributed by atoms with van der Waals surface area (Å²) in [4.78, 5) is 85.6. The van der Waals surface area contributed by atoms with Crippen LogP contribution in [0, 0.1) is 0 Å². The molecule has 10 saturated heterocycles. The van der Waals surface area contributed by atoms with Crippen molar-refractivity contribution < 1.29 is 24.0 Å². The van der Waals surface area contributed by atoms with E-state index in [0.29, 0.717) is 152 Å². The predicted molar refractivity (Wildman–Crippen MR) is 566 cm³/mol. The Balaban J connectivity index is 0.000000130. The van der Waals surface area contributed by atoms with Gasteiger partial charge in [0.05, 0.1) is 0 Å². The number of hydrogen-bond acceptors (Lipinski definition) is 10. The number of halogens is 2. The molecule has 0 spiro atoms. The number of nitrogens with zero attached hydrogens (tertiary/aromatic N) is 10. The second-order valence-corrected chi connectivity index (χ2v) is 42.2. The highest BCUT2D eigenvalue weighted by Gasteiger charge is 2.44. The lowest BCUT2D eigenvalue weighted by molar-refractivity contribution is -0.134. The van der Waals surface area contributed by atoms with E-state index in [1.54, 1.807) is 0 Å². The van der Waals surface area contributed by atoms with Crippen molar-refractivity contribution in [2.45, 2.75) is 319 Å². The topological polar surface area (TPSA) is 118 Å². The molecule has 0 aliphatic carbocycles. The van der Waals surface area contributed by atoms with Gasteiger partial charge in [0, 0.05) is 191 Å². The third-order valence-electron chi connectivity index (χ3n) is 33.2. The molecule has 17 heteroatoms. The summed E-state index contributed by atoms with van der Waals surface area (Å²) < 4.78 is 0. The van der Waals surface area contributed by atoms with E-state index in [1.807, 2.05) is 46.8 Å². The normalized spacial score (nSPS) is 23.6. The molecule has 10 aliphatic rings. The third kappa shape index (κ3) is 26.5. The van der Waals surface area contributed by atoms with Gasteiger partial charge in [-0.15, -0.1) is 0 Å². The number of amides is 5. The zero-order valence-electron chi connectivity index (χ0n) is 84.0. The van der Waals surface area contributed by atoms with Crippen LogP contribution >= 0.6 is 23.2 Å². The first-order chi connectivity index (χ1) is 66.9. The Hall–Kier alpha value is -8.77. The van der Waals surface area contributed by atoms with Gasteiger partial charge in [-0.3, -0.25) is 43.6 Å². The lowest BCUT2D eigenvalue weighted by Crippen LogP contribution is -2.49. The number of carbonyl (C=O) groups excluding carboxylic acids is 5. The Bertz CT molecular complexity index is 5190. The van der Waals surface area contributed by atoms with Gasteiger partial charge in [0.2, 0.25) is 29.5 Å². The van der Waals surface area contributed by atoms with Crippen molar-refractivity contribution in [3.05, 3.63) is 273 Å². The number of rotatable bonds is 27. The van der Waals surface area contributed by atoms with Gasteiger partial charge in [-0.25, -0.2) is 0 Å². The number of carbonyl (C=O) groups is 5. The Morgan fingerprint density at radius 2 is 0.540 bits per heavy atom. The van der Waals surface area contributed by atoms with Crippen molar-refractivity contribution in [2.75, 3.05) is 98.2 Å². The molecule has 19 rings (SSSR count). The third-order valence-corrected chi connectivity index (χ3v) is 33.9. The van der Waals surface area contributed by atoms with Crippen LogP contribution in [-0.4, -0.2) is 237 Å². The Morgan fingerprint density at radius 1 is 0.263 bits per heavy atom. The van der Waals surface area contributed by atoms with Crippen LogP contribution in [0.5, 0.6) is 0 Å². The highest BCUT2D eigenvalue weighted by molar-refractivity contribution is 6.36. The minimum atomic E-state index is 0.313. The number of likely N-dealkylation sites (tertiary alicyclic amines) is 3. The molecule has 13 unspecified atom stereocenters. The lowest BCUT2D eigenvalue weighted by Gasteiger charge is -2.41. The van der Waals surface area contributed by atoms with Crippen LogP contribution in [0.1, 0.15) is 297 Å². The molecule has 10 aliphatic heterocycles. The number of fused-ring (bicyclic) bond motifs is 12. The van der Waals surface area contributed by atoms with E-state index in [1.165, 1.54) is 140 Å². The van der Waals surface area contributed by atoms with Crippen LogP contribution in [-0.2, 0) is 24.0 Å². The quantitative estimate of drug-likeness (QED) is 0.0492. The largest absolute Gasteiger partial charge is 0.341 e. The standard InChI is InChI=1S/C26H34N2O.C25H32N2O.2C24H31ClN2O.C21H32N2O/c1-2-26(29)27-18-16-23-14-9-15-24(20-27)28(23)19-17-25(21-10-5-3-6-11-21)22-12-7-4-8-13-22;1-2-25(28)26-17-15-22-13-14-23(19-26)27(22)18-16-24(20-9-5-3-6-10-20)21-11-7-4-8-12-21;1-3-24(28)26-14-13-18-8-9-19(16-26)27(18)15-12-17(2)20-10-11-23(25)22-7-5-4-6-21(20)22;1-3-24(28)27-18-8-9-19(27)16-26(15-13-18)14-12-17(2)20-10-11-23(25)22-7-5-4-6-21(20)22;1-3-21(24)22-14-13-19-10-7-11-20(16-22)23(19)15-12-17(2)18-8-5-4-6-9-18/h3-8,10-13,23-25H,2,9,14-20H2,1H3;3-12,22-24H,2,13-19H2,1H3;2*4-7,10-11,17-19H,3,8-9,12-16H2,1-2H3;4-6,8-9,17,19-20H,3,7,10-16H2,1-2H3. The van der Waals surface area contributed by atoms with Crippen LogP contribution in [0.25, 0.3) is 21.5 Å². The Morgan fingerprint density at radius 3 is 0.905 bits per heavy atom. The van der Waals surface area contributed by atoms with E-state index in [2.05, 4.69) is 282 Å². The van der Waals surface area contributed by atoms with Crippen molar-refractivity contribution in [1.29, 1.82) is 0 Å². The fraction of sp³-hybridized carbons (Fsp3) is 0.542. The molecule has 137 heavy (non-hydrogen) atoms. The van der Waals surface area contributed by atoms with Gasteiger partial charge in [-0.2, -0.15) is 0 Å². The fourth-order valence-electron chi connectivity index (χ4n) is 25.4. The van der Waals surface area contributed by atoms with Gasteiger partial charge in [-0.1, -0.05) is 304 Å². The maximum atomic E-state index is 12.4. The van der Waals surface area contributed by atoms with Gasteiger partial charge in [0.1, 0.15) is 0 Å². The molecule has 10 fully saturated rings. The van der Waals surface area contributed by atoms with E-state index >= 15 is 0 Å². The summed E-state index contributed by atoms with van der Waals surface area (Å²) in [5, 5.41) is 6.51. The van der Waals surface area contributed by atoms with Crippen LogP contribution in [0.15, 0.2) is 224 Å².